The lowest BCUT2D eigenvalue weighted by molar-refractivity contribution is 0.102. The first-order chi connectivity index (χ1) is 13.2. The van der Waals surface area contributed by atoms with E-state index in [1.165, 1.54) is 0 Å². The molecule has 27 heavy (non-hydrogen) atoms. The molecule has 0 fully saturated rings. The van der Waals surface area contributed by atoms with Crippen molar-refractivity contribution in [1.82, 2.24) is 30.8 Å². The summed E-state index contributed by atoms with van der Waals surface area (Å²) in [6.07, 6.45) is 0. The van der Waals surface area contributed by atoms with E-state index in [4.69, 9.17) is 4.74 Å². The van der Waals surface area contributed by atoms with Crippen molar-refractivity contribution in [2.24, 2.45) is 0 Å². The first-order valence-corrected chi connectivity index (χ1v) is 8.14. The molecule has 0 bridgehead atoms. The van der Waals surface area contributed by atoms with Crippen LogP contribution in [0.4, 0.5) is 5.69 Å². The molecule has 9 nitrogen and oxygen atoms in total. The zero-order valence-corrected chi connectivity index (χ0v) is 14.3. The first kappa shape index (κ1) is 16.5. The molecule has 9 heteroatoms. The van der Waals surface area contributed by atoms with Crippen molar-refractivity contribution in [2.45, 2.75) is 6.92 Å². The molecular formula is C18H15N7O2. The molecule has 4 rings (SSSR count). The molecular weight excluding hydrogens is 346 g/mol. The number of hydrogen-bond donors (Lipinski definition) is 3. The van der Waals surface area contributed by atoms with E-state index in [0.29, 0.717) is 17.1 Å². The van der Waals surface area contributed by atoms with Gasteiger partial charge in [0.2, 0.25) is 0 Å². The summed E-state index contributed by atoms with van der Waals surface area (Å²) in [4.78, 5) is 12.6. The van der Waals surface area contributed by atoms with Crippen LogP contribution in [-0.4, -0.2) is 36.7 Å². The monoisotopic (exact) mass is 361 g/mol. The third kappa shape index (κ3) is 3.52. The number of anilines is 1. The van der Waals surface area contributed by atoms with Crippen molar-refractivity contribution in [3.63, 3.8) is 0 Å². The van der Waals surface area contributed by atoms with Crippen molar-refractivity contribution in [2.75, 3.05) is 5.32 Å². The van der Waals surface area contributed by atoms with Gasteiger partial charge in [0.05, 0.1) is 5.69 Å². The molecule has 2 heterocycles. The highest BCUT2D eigenvalue weighted by atomic mass is 16.5. The fourth-order valence-corrected chi connectivity index (χ4v) is 2.60. The van der Waals surface area contributed by atoms with Gasteiger partial charge in [0.15, 0.2) is 0 Å². The lowest BCUT2D eigenvalue weighted by atomic mass is 10.1. The lowest BCUT2D eigenvalue weighted by Gasteiger charge is -2.06. The van der Waals surface area contributed by atoms with Gasteiger partial charge in [0.1, 0.15) is 11.4 Å². The van der Waals surface area contributed by atoms with Crippen LogP contribution in [0, 0.1) is 6.92 Å². The number of H-pyrrole nitrogens is 2. The van der Waals surface area contributed by atoms with Crippen molar-refractivity contribution in [3.05, 3.63) is 65.9 Å². The number of carbonyl (C=O) groups is 1. The molecule has 0 spiro atoms. The highest BCUT2D eigenvalue weighted by Crippen LogP contribution is 2.24. The van der Waals surface area contributed by atoms with E-state index in [2.05, 4.69) is 36.1 Å². The number of rotatable bonds is 5. The Morgan fingerprint density at radius 1 is 1.04 bits per heavy atom. The topological polar surface area (TPSA) is 121 Å². The molecule has 0 atom stereocenters. The van der Waals surface area contributed by atoms with Gasteiger partial charge in [0.25, 0.3) is 5.91 Å². The number of nitrogens with one attached hydrogen (secondary N) is 3. The Bertz CT molecular complexity index is 1040. The molecule has 3 N–H and O–H groups in total. The van der Waals surface area contributed by atoms with E-state index in [0.717, 1.165) is 16.8 Å². The standard InChI is InChI=1S/C18H15N7O2/c1-11-15(12-5-3-2-4-6-12)20-21-16(11)17(26)19-13-7-9-14(10-8-13)27-18-22-24-25-23-18/h2-10H,1H3,(H,19,26)(H,20,21)(H,22,23,24,25). The van der Waals surface area contributed by atoms with Crippen LogP contribution in [0.15, 0.2) is 54.6 Å². The third-order valence-electron chi connectivity index (χ3n) is 3.93. The SMILES string of the molecule is Cc1c(-c2ccccc2)n[nH]c1C(=O)Nc1ccc(Oc2nn[nH]n2)cc1. The Labute approximate surface area is 153 Å². The zero-order chi connectivity index (χ0) is 18.6. The summed E-state index contributed by atoms with van der Waals surface area (Å²) in [6.45, 7) is 1.86. The van der Waals surface area contributed by atoms with Crippen molar-refractivity contribution in [3.8, 4) is 23.0 Å². The third-order valence-corrected chi connectivity index (χ3v) is 3.93. The molecule has 0 aliphatic rings. The van der Waals surface area contributed by atoms with Gasteiger partial charge in [-0.2, -0.15) is 10.3 Å². The van der Waals surface area contributed by atoms with Crippen LogP contribution in [0.2, 0.25) is 0 Å². The van der Waals surface area contributed by atoms with E-state index in [9.17, 15) is 4.79 Å². The van der Waals surface area contributed by atoms with E-state index in [-0.39, 0.29) is 11.9 Å². The molecule has 4 aromatic rings. The lowest BCUT2D eigenvalue weighted by Crippen LogP contribution is -2.13. The molecule has 134 valence electrons. The van der Waals surface area contributed by atoms with E-state index in [1.54, 1.807) is 24.3 Å². The van der Waals surface area contributed by atoms with Gasteiger partial charge in [-0.15, -0.1) is 0 Å². The molecule has 1 amide bonds. The van der Waals surface area contributed by atoms with Crippen LogP contribution in [0.1, 0.15) is 16.1 Å². The summed E-state index contributed by atoms with van der Waals surface area (Å²) in [5, 5.41) is 23.1. The molecule has 2 aromatic heterocycles. The molecule has 0 saturated carbocycles. The quantitative estimate of drug-likeness (QED) is 0.502. The minimum Gasteiger partial charge on any atom is -0.422 e. The Balaban J connectivity index is 1.47. The largest absolute Gasteiger partial charge is 0.422 e. The maximum Gasteiger partial charge on any atom is 0.361 e. The van der Waals surface area contributed by atoms with Crippen LogP contribution >= 0.6 is 0 Å². The first-order valence-electron chi connectivity index (χ1n) is 8.14. The Morgan fingerprint density at radius 2 is 1.81 bits per heavy atom. The highest BCUT2D eigenvalue weighted by Gasteiger charge is 2.17. The predicted octanol–water partition coefficient (Wildman–Crippen LogP) is 2.94. The number of aromatic nitrogens is 6. The number of ether oxygens (including phenoxy) is 1. The van der Waals surface area contributed by atoms with Crippen LogP contribution in [0.5, 0.6) is 11.8 Å². The van der Waals surface area contributed by atoms with Crippen LogP contribution in [0.25, 0.3) is 11.3 Å². The molecule has 2 aromatic carbocycles. The fraction of sp³-hybridized carbons (Fsp3) is 0.0556. The van der Waals surface area contributed by atoms with Gasteiger partial charge in [-0.25, -0.2) is 0 Å². The number of carbonyl (C=O) groups excluding carboxylic acids is 1. The second-order valence-corrected chi connectivity index (χ2v) is 5.71. The number of nitrogens with zero attached hydrogens (tertiary/aromatic N) is 4. The minimum atomic E-state index is -0.269. The van der Waals surface area contributed by atoms with Crippen LogP contribution < -0.4 is 10.1 Å². The number of hydrogen-bond acceptors (Lipinski definition) is 6. The van der Waals surface area contributed by atoms with Gasteiger partial charge in [-0.1, -0.05) is 40.5 Å². The number of amides is 1. The maximum absolute atomic E-state index is 12.6. The van der Waals surface area contributed by atoms with Gasteiger partial charge in [0, 0.05) is 16.8 Å². The smallest absolute Gasteiger partial charge is 0.361 e. The summed E-state index contributed by atoms with van der Waals surface area (Å²) in [5.41, 5.74) is 3.53. The number of aromatic amines is 2. The molecule has 0 radical (unpaired) electrons. The summed E-state index contributed by atoms with van der Waals surface area (Å²) < 4.78 is 5.39. The number of benzene rings is 2. The average Bonchev–Trinajstić information content (AvgIpc) is 3.33. The minimum absolute atomic E-state index is 0.119. The van der Waals surface area contributed by atoms with Gasteiger partial charge in [-0.3, -0.25) is 9.89 Å². The maximum atomic E-state index is 12.6. The second-order valence-electron chi connectivity index (χ2n) is 5.71. The Kier molecular flexibility index (Phi) is 4.32. The van der Waals surface area contributed by atoms with Crippen molar-refractivity contribution < 1.29 is 9.53 Å². The molecule has 0 unspecified atom stereocenters. The molecule has 0 aliphatic heterocycles. The zero-order valence-electron chi connectivity index (χ0n) is 14.3. The predicted molar refractivity (Wildman–Crippen MR) is 97.4 cm³/mol. The summed E-state index contributed by atoms with van der Waals surface area (Å²) in [5.74, 6) is 0.257. The summed E-state index contributed by atoms with van der Waals surface area (Å²) in [7, 11) is 0. The van der Waals surface area contributed by atoms with Gasteiger partial charge in [-0.05, 0) is 36.4 Å². The Hall–Kier alpha value is -4.01. The average molecular weight is 361 g/mol. The fourth-order valence-electron chi connectivity index (χ4n) is 2.60. The van der Waals surface area contributed by atoms with Gasteiger partial charge >= 0.3 is 6.01 Å². The van der Waals surface area contributed by atoms with E-state index >= 15 is 0 Å². The highest BCUT2D eigenvalue weighted by molar-refractivity contribution is 6.04. The summed E-state index contributed by atoms with van der Waals surface area (Å²) in [6, 6.07) is 16.7. The normalized spacial score (nSPS) is 10.6. The van der Waals surface area contributed by atoms with Gasteiger partial charge < -0.3 is 10.1 Å². The summed E-state index contributed by atoms with van der Waals surface area (Å²) >= 11 is 0. The molecule has 0 saturated heterocycles. The Morgan fingerprint density at radius 3 is 2.52 bits per heavy atom. The van der Waals surface area contributed by atoms with Crippen molar-refractivity contribution >= 4 is 11.6 Å². The van der Waals surface area contributed by atoms with E-state index < -0.39 is 0 Å². The second kappa shape index (κ2) is 7.08. The van der Waals surface area contributed by atoms with Crippen molar-refractivity contribution in [1.29, 1.82) is 0 Å². The number of tetrazole rings is 1. The van der Waals surface area contributed by atoms with Crippen LogP contribution in [0.3, 0.4) is 0 Å². The molecule has 0 aliphatic carbocycles. The van der Waals surface area contributed by atoms with E-state index in [1.807, 2.05) is 37.3 Å². The van der Waals surface area contributed by atoms with Crippen LogP contribution in [-0.2, 0) is 0 Å².